The second-order valence-electron chi connectivity index (χ2n) is 5.11. The molecule has 1 saturated carbocycles. The molecule has 0 bridgehead atoms. The van der Waals surface area contributed by atoms with Gasteiger partial charge in [-0.05, 0) is 24.7 Å². The third-order valence-electron chi connectivity index (χ3n) is 3.91. The number of rotatable bonds is 5. The van der Waals surface area contributed by atoms with Gasteiger partial charge >= 0.3 is 17.9 Å². The van der Waals surface area contributed by atoms with E-state index in [1.165, 1.54) is 0 Å². The number of hydrogen-bond acceptors (Lipinski definition) is 3. The van der Waals surface area contributed by atoms with Crippen LogP contribution >= 0.6 is 0 Å². The average Bonchev–Trinajstić information content (AvgIpc) is 2.26. The Labute approximate surface area is 105 Å². The molecular formula is C12H18O6. The van der Waals surface area contributed by atoms with Gasteiger partial charge in [-0.3, -0.25) is 14.4 Å². The minimum Gasteiger partial charge on any atom is -0.481 e. The fourth-order valence-electron chi connectivity index (χ4n) is 2.73. The van der Waals surface area contributed by atoms with Crippen LogP contribution < -0.4 is 0 Å². The van der Waals surface area contributed by atoms with Crippen molar-refractivity contribution < 1.29 is 29.7 Å². The van der Waals surface area contributed by atoms with Crippen LogP contribution in [0.4, 0.5) is 0 Å². The van der Waals surface area contributed by atoms with Gasteiger partial charge in [-0.25, -0.2) is 0 Å². The minimum atomic E-state index is -2.19. The van der Waals surface area contributed by atoms with Gasteiger partial charge in [-0.1, -0.05) is 19.8 Å². The summed E-state index contributed by atoms with van der Waals surface area (Å²) in [6.07, 6.45) is 1.52. The van der Waals surface area contributed by atoms with Crippen LogP contribution in [-0.2, 0) is 14.4 Å². The summed E-state index contributed by atoms with van der Waals surface area (Å²) in [6, 6.07) is 0. The molecule has 0 aliphatic heterocycles. The van der Waals surface area contributed by atoms with Gasteiger partial charge in [0.15, 0.2) is 5.41 Å². The molecule has 18 heavy (non-hydrogen) atoms. The summed E-state index contributed by atoms with van der Waals surface area (Å²) < 4.78 is 0. The van der Waals surface area contributed by atoms with Crippen molar-refractivity contribution in [3.05, 3.63) is 0 Å². The maximum atomic E-state index is 11.3. The fourth-order valence-corrected chi connectivity index (χ4v) is 2.73. The molecule has 0 radical (unpaired) electrons. The lowest BCUT2D eigenvalue weighted by molar-refractivity contribution is -0.175. The van der Waals surface area contributed by atoms with Crippen molar-refractivity contribution in [3.63, 3.8) is 0 Å². The van der Waals surface area contributed by atoms with E-state index in [0.29, 0.717) is 18.8 Å². The highest BCUT2D eigenvalue weighted by molar-refractivity contribution is 6.01. The number of aliphatic carboxylic acids is 3. The zero-order valence-electron chi connectivity index (χ0n) is 10.3. The molecule has 0 aromatic heterocycles. The summed E-state index contributed by atoms with van der Waals surface area (Å²) in [7, 11) is 0. The lowest BCUT2D eigenvalue weighted by atomic mass is 9.65. The zero-order chi connectivity index (χ0) is 13.9. The molecule has 0 atom stereocenters. The first-order chi connectivity index (χ1) is 8.30. The Kier molecular flexibility index (Phi) is 4.32. The molecule has 0 amide bonds. The predicted octanol–water partition coefficient (Wildman–Crippen LogP) is 1.44. The molecule has 0 unspecified atom stereocenters. The van der Waals surface area contributed by atoms with E-state index >= 15 is 0 Å². The molecule has 1 aliphatic carbocycles. The van der Waals surface area contributed by atoms with Crippen LogP contribution in [-0.4, -0.2) is 33.2 Å². The fraction of sp³-hybridized carbons (Fsp3) is 0.750. The van der Waals surface area contributed by atoms with Crippen LogP contribution in [0, 0.1) is 17.3 Å². The van der Waals surface area contributed by atoms with Gasteiger partial charge in [0.25, 0.3) is 0 Å². The monoisotopic (exact) mass is 258 g/mol. The van der Waals surface area contributed by atoms with Crippen LogP contribution in [0.5, 0.6) is 0 Å². The lowest BCUT2D eigenvalue weighted by Crippen LogP contribution is -2.48. The highest BCUT2D eigenvalue weighted by atomic mass is 16.4. The van der Waals surface area contributed by atoms with Crippen molar-refractivity contribution in [2.45, 2.75) is 39.0 Å². The molecule has 0 saturated heterocycles. The molecule has 0 heterocycles. The van der Waals surface area contributed by atoms with Crippen molar-refractivity contribution >= 4 is 17.9 Å². The summed E-state index contributed by atoms with van der Waals surface area (Å²) in [5.74, 6) is -4.65. The molecule has 0 aromatic rings. The van der Waals surface area contributed by atoms with Gasteiger partial charge in [0.1, 0.15) is 0 Å². The first-order valence-corrected chi connectivity index (χ1v) is 5.99. The zero-order valence-corrected chi connectivity index (χ0v) is 10.3. The quantitative estimate of drug-likeness (QED) is 0.643. The van der Waals surface area contributed by atoms with E-state index in [2.05, 4.69) is 0 Å². The van der Waals surface area contributed by atoms with Crippen LogP contribution in [0.2, 0.25) is 0 Å². The summed E-state index contributed by atoms with van der Waals surface area (Å²) >= 11 is 0. The summed E-state index contributed by atoms with van der Waals surface area (Å²) in [5.41, 5.74) is -2.19. The first-order valence-electron chi connectivity index (χ1n) is 5.99. The van der Waals surface area contributed by atoms with Crippen LogP contribution in [0.3, 0.4) is 0 Å². The lowest BCUT2D eigenvalue weighted by Gasteiger charge is -2.36. The maximum absolute atomic E-state index is 11.3. The minimum absolute atomic E-state index is 0.436. The Morgan fingerprint density at radius 2 is 1.44 bits per heavy atom. The van der Waals surface area contributed by atoms with E-state index in [4.69, 9.17) is 5.11 Å². The molecule has 0 spiro atoms. The van der Waals surface area contributed by atoms with Crippen molar-refractivity contribution in [1.82, 2.24) is 0 Å². The van der Waals surface area contributed by atoms with Gasteiger partial charge in [-0.2, -0.15) is 0 Å². The summed E-state index contributed by atoms with van der Waals surface area (Å²) in [4.78, 5) is 33.5. The Morgan fingerprint density at radius 1 is 1.00 bits per heavy atom. The standard InChI is InChI=1S/C12H18O6/c1-7-2-4-8(5-3-7)12(10(15)16,11(17)18)6-9(13)14/h7-8H,2-6H2,1H3,(H,13,14)(H,15,16)(H,17,18). The van der Waals surface area contributed by atoms with E-state index < -0.39 is 35.7 Å². The largest absolute Gasteiger partial charge is 0.481 e. The number of carboxylic acid groups (broad SMARTS) is 3. The van der Waals surface area contributed by atoms with Crippen LogP contribution in [0.25, 0.3) is 0 Å². The highest BCUT2D eigenvalue weighted by Gasteiger charge is 2.54. The van der Waals surface area contributed by atoms with Crippen molar-refractivity contribution in [2.24, 2.45) is 17.3 Å². The number of carboxylic acids is 3. The topological polar surface area (TPSA) is 112 Å². The summed E-state index contributed by atoms with van der Waals surface area (Å²) in [6.45, 7) is 2.02. The Bertz CT molecular complexity index is 340. The highest BCUT2D eigenvalue weighted by Crippen LogP contribution is 2.43. The smallest absolute Gasteiger partial charge is 0.321 e. The molecule has 0 aromatic carbocycles. The van der Waals surface area contributed by atoms with Crippen LogP contribution in [0.1, 0.15) is 39.0 Å². The van der Waals surface area contributed by atoms with Crippen molar-refractivity contribution in [1.29, 1.82) is 0 Å². The molecular weight excluding hydrogens is 240 g/mol. The normalized spacial score (nSPS) is 24.5. The third-order valence-corrected chi connectivity index (χ3v) is 3.91. The average molecular weight is 258 g/mol. The molecule has 3 N–H and O–H groups in total. The van der Waals surface area contributed by atoms with Crippen molar-refractivity contribution in [3.8, 4) is 0 Å². The molecule has 1 aliphatic rings. The second-order valence-corrected chi connectivity index (χ2v) is 5.11. The maximum Gasteiger partial charge on any atom is 0.321 e. The van der Waals surface area contributed by atoms with E-state index in [9.17, 15) is 24.6 Å². The Hall–Kier alpha value is -1.59. The summed E-state index contributed by atoms with van der Waals surface area (Å²) in [5, 5.41) is 27.2. The molecule has 6 heteroatoms. The molecule has 6 nitrogen and oxygen atoms in total. The molecule has 1 rings (SSSR count). The van der Waals surface area contributed by atoms with E-state index in [1.807, 2.05) is 6.92 Å². The van der Waals surface area contributed by atoms with Gasteiger partial charge in [0.2, 0.25) is 0 Å². The number of hydrogen-bond donors (Lipinski definition) is 3. The van der Waals surface area contributed by atoms with Gasteiger partial charge in [-0.15, -0.1) is 0 Å². The Morgan fingerprint density at radius 3 is 1.78 bits per heavy atom. The van der Waals surface area contributed by atoms with Crippen LogP contribution in [0.15, 0.2) is 0 Å². The second kappa shape index (κ2) is 5.37. The Balaban J connectivity index is 3.05. The third kappa shape index (κ3) is 2.63. The first kappa shape index (κ1) is 14.5. The predicted molar refractivity (Wildman–Crippen MR) is 61.1 cm³/mol. The van der Waals surface area contributed by atoms with Gasteiger partial charge in [0, 0.05) is 0 Å². The molecule has 1 fully saturated rings. The van der Waals surface area contributed by atoms with Gasteiger partial charge < -0.3 is 15.3 Å². The SMILES string of the molecule is CC1CCC(C(CC(=O)O)(C(=O)O)C(=O)O)CC1. The van der Waals surface area contributed by atoms with E-state index in [-0.39, 0.29) is 0 Å². The van der Waals surface area contributed by atoms with E-state index in [0.717, 1.165) is 12.8 Å². The molecule has 102 valence electrons. The van der Waals surface area contributed by atoms with E-state index in [1.54, 1.807) is 0 Å². The van der Waals surface area contributed by atoms with Gasteiger partial charge in [0.05, 0.1) is 6.42 Å². The van der Waals surface area contributed by atoms with Crippen molar-refractivity contribution in [2.75, 3.05) is 0 Å². The number of carbonyl (C=O) groups is 3.